The normalized spacial score (nSPS) is 9.18. The number of ether oxygens (including phenoxy) is 2. The minimum absolute atomic E-state index is 0.322. The minimum atomic E-state index is -1.15. The number of carbonyl (C=O) groups excluding carboxylic acids is 2. The Morgan fingerprint density at radius 2 is 1.05 bits per heavy atom. The van der Waals surface area contributed by atoms with Crippen LogP contribution in [0, 0.1) is 0 Å². The maximum atomic E-state index is 10.5. The third-order valence-electron chi connectivity index (χ3n) is 2.11. The number of carbonyl (C=O) groups is 4. The zero-order chi connectivity index (χ0) is 17.4. The van der Waals surface area contributed by atoms with Gasteiger partial charge in [0.1, 0.15) is 12.8 Å². The minimum Gasteiger partial charge on any atom is -0.481 e. The molecule has 128 valence electrons. The number of aliphatic carboxylic acids is 2. The number of carboxylic acids is 2. The molecule has 8 heteroatoms. The molecule has 0 saturated heterocycles. The lowest BCUT2D eigenvalue weighted by molar-refractivity contribution is -0.153. The average Bonchev–Trinajstić information content (AvgIpc) is 2.38. The zero-order valence-electron chi connectivity index (χ0n) is 13.0. The second kappa shape index (κ2) is 15.3. The van der Waals surface area contributed by atoms with Crippen LogP contribution in [0.15, 0.2) is 0 Å². The lowest BCUT2D eigenvalue weighted by atomic mass is 10.3. The van der Waals surface area contributed by atoms with Crippen LogP contribution in [0.2, 0.25) is 0 Å². The predicted octanol–water partition coefficient (Wildman–Crippen LogP) is 1.61. The summed E-state index contributed by atoms with van der Waals surface area (Å²) in [6.45, 7) is 4.57. The smallest absolute Gasteiger partial charge is 0.317 e. The molecule has 0 radical (unpaired) electrons. The molecule has 0 aliphatic rings. The Balaban J connectivity index is 0. The average molecular weight is 320 g/mol. The molecule has 2 N–H and O–H groups in total. The molecule has 22 heavy (non-hydrogen) atoms. The van der Waals surface area contributed by atoms with E-state index in [0.717, 1.165) is 25.7 Å². The van der Waals surface area contributed by atoms with E-state index in [2.05, 4.69) is 9.47 Å². The van der Waals surface area contributed by atoms with Crippen molar-refractivity contribution in [3.8, 4) is 0 Å². The van der Waals surface area contributed by atoms with Gasteiger partial charge < -0.3 is 19.7 Å². The summed E-state index contributed by atoms with van der Waals surface area (Å²) >= 11 is 0. The van der Waals surface area contributed by atoms with Crippen LogP contribution in [0.4, 0.5) is 0 Å². The number of rotatable bonds is 10. The predicted molar refractivity (Wildman–Crippen MR) is 76.2 cm³/mol. The lowest BCUT2D eigenvalue weighted by Gasteiger charge is -1.99. The van der Waals surface area contributed by atoms with Gasteiger partial charge in [-0.15, -0.1) is 0 Å². The number of unbranched alkanes of at least 4 members (excludes halogenated alkanes) is 2. The van der Waals surface area contributed by atoms with Crippen LogP contribution in [-0.2, 0) is 28.7 Å². The monoisotopic (exact) mass is 320 g/mol. The Kier molecular flexibility index (Phi) is 15.4. The first-order chi connectivity index (χ1) is 10.3. The highest BCUT2D eigenvalue weighted by molar-refractivity contribution is 5.90. The summed E-state index contributed by atoms with van der Waals surface area (Å²) in [6, 6.07) is 0. The lowest BCUT2D eigenvalue weighted by Crippen LogP contribution is -2.10. The topological polar surface area (TPSA) is 127 Å². The van der Waals surface area contributed by atoms with Gasteiger partial charge in [-0.25, -0.2) is 0 Å². The highest BCUT2D eigenvalue weighted by Crippen LogP contribution is 1.92. The molecule has 0 saturated carbocycles. The van der Waals surface area contributed by atoms with Crippen molar-refractivity contribution in [1.82, 2.24) is 0 Å². The number of esters is 2. The fraction of sp³-hybridized carbons (Fsp3) is 0.714. The molecular formula is C14H24O8. The van der Waals surface area contributed by atoms with Gasteiger partial charge in [-0.2, -0.15) is 0 Å². The van der Waals surface area contributed by atoms with E-state index in [1.807, 2.05) is 13.8 Å². The zero-order valence-corrected chi connectivity index (χ0v) is 13.0. The molecule has 0 amide bonds. The maximum Gasteiger partial charge on any atom is 0.317 e. The van der Waals surface area contributed by atoms with E-state index in [-0.39, 0.29) is 0 Å². The molecule has 0 atom stereocenters. The van der Waals surface area contributed by atoms with Crippen molar-refractivity contribution in [3.63, 3.8) is 0 Å². The van der Waals surface area contributed by atoms with Crippen LogP contribution >= 0.6 is 0 Å². The quantitative estimate of drug-likeness (QED) is 0.353. The van der Waals surface area contributed by atoms with Crippen molar-refractivity contribution >= 4 is 23.9 Å². The number of hydrogen-bond donors (Lipinski definition) is 2. The Hall–Kier alpha value is -2.12. The number of hydrogen-bond acceptors (Lipinski definition) is 6. The van der Waals surface area contributed by atoms with Crippen LogP contribution in [0.25, 0.3) is 0 Å². The fourth-order valence-electron chi connectivity index (χ4n) is 1.01. The molecule has 0 unspecified atom stereocenters. The summed E-state index contributed by atoms with van der Waals surface area (Å²) < 4.78 is 9.15. The van der Waals surface area contributed by atoms with Crippen LogP contribution in [0.5, 0.6) is 0 Å². The largest absolute Gasteiger partial charge is 0.481 e. The van der Waals surface area contributed by atoms with Crippen LogP contribution < -0.4 is 0 Å². The summed E-state index contributed by atoms with van der Waals surface area (Å²) in [6.07, 6.45) is 2.35. The van der Waals surface area contributed by atoms with Gasteiger partial charge >= 0.3 is 23.9 Å². The van der Waals surface area contributed by atoms with E-state index in [4.69, 9.17) is 10.2 Å². The molecule has 0 aromatic rings. The summed E-state index contributed by atoms with van der Waals surface area (Å²) in [5, 5.41) is 16.3. The molecule has 0 bridgehead atoms. The van der Waals surface area contributed by atoms with E-state index in [9.17, 15) is 19.2 Å². The Morgan fingerprint density at radius 1 is 0.727 bits per heavy atom. The van der Waals surface area contributed by atoms with Crippen molar-refractivity contribution in [2.75, 3.05) is 13.2 Å². The SMILES string of the molecule is CCCCOC(=O)CC(=O)O.CCCCOC(=O)CC(=O)O. The van der Waals surface area contributed by atoms with Crippen molar-refractivity contribution < 1.29 is 38.9 Å². The van der Waals surface area contributed by atoms with Gasteiger partial charge in [0.25, 0.3) is 0 Å². The first-order valence-electron chi connectivity index (χ1n) is 7.08. The molecular weight excluding hydrogens is 296 g/mol. The van der Waals surface area contributed by atoms with Gasteiger partial charge in [-0.1, -0.05) is 26.7 Å². The van der Waals surface area contributed by atoms with E-state index in [0.29, 0.717) is 13.2 Å². The summed E-state index contributed by atoms with van der Waals surface area (Å²) in [7, 11) is 0. The van der Waals surface area contributed by atoms with Crippen LogP contribution in [0.1, 0.15) is 52.4 Å². The van der Waals surface area contributed by atoms with Crippen LogP contribution in [-0.4, -0.2) is 47.3 Å². The molecule has 0 aromatic carbocycles. The van der Waals surface area contributed by atoms with Gasteiger partial charge in [-0.05, 0) is 12.8 Å². The van der Waals surface area contributed by atoms with Crippen molar-refractivity contribution in [2.45, 2.75) is 52.4 Å². The van der Waals surface area contributed by atoms with E-state index in [1.165, 1.54) is 0 Å². The van der Waals surface area contributed by atoms with Crippen molar-refractivity contribution in [2.24, 2.45) is 0 Å². The molecule has 0 spiro atoms. The van der Waals surface area contributed by atoms with Gasteiger partial charge in [0.15, 0.2) is 0 Å². The Morgan fingerprint density at radius 3 is 1.27 bits per heavy atom. The summed E-state index contributed by atoms with van der Waals surface area (Å²) in [5.41, 5.74) is 0. The molecule has 0 aromatic heterocycles. The van der Waals surface area contributed by atoms with Crippen molar-refractivity contribution in [3.05, 3.63) is 0 Å². The van der Waals surface area contributed by atoms with E-state index in [1.54, 1.807) is 0 Å². The third-order valence-corrected chi connectivity index (χ3v) is 2.11. The summed E-state index contributed by atoms with van der Waals surface area (Å²) in [5.74, 6) is -3.62. The first-order valence-corrected chi connectivity index (χ1v) is 7.08. The third kappa shape index (κ3) is 20.2. The van der Waals surface area contributed by atoms with E-state index < -0.39 is 36.7 Å². The second-order valence-electron chi connectivity index (χ2n) is 4.29. The second-order valence-corrected chi connectivity index (χ2v) is 4.29. The van der Waals surface area contributed by atoms with Crippen molar-refractivity contribution in [1.29, 1.82) is 0 Å². The highest BCUT2D eigenvalue weighted by atomic mass is 16.5. The Labute approximate surface area is 129 Å². The first kappa shape index (κ1) is 22.2. The maximum absolute atomic E-state index is 10.5. The molecule has 0 fully saturated rings. The highest BCUT2D eigenvalue weighted by Gasteiger charge is 2.08. The van der Waals surface area contributed by atoms with Gasteiger partial charge in [0, 0.05) is 0 Å². The van der Waals surface area contributed by atoms with E-state index >= 15 is 0 Å². The van der Waals surface area contributed by atoms with Crippen LogP contribution in [0.3, 0.4) is 0 Å². The van der Waals surface area contributed by atoms with Gasteiger partial charge in [0.05, 0.1) is 13.2 Å². The van der Waals surface area contributed by atoms with Gasteiger partial charge in [-0.3, -0.25) is 19.2 Å². The van der Waals surface area contributed by atoms with Gasteiger partial charge in [0.2, 0.25) is 0 Å². The Bertz CT molecular complexity index is 317. The fourth-order valence-corrected chi connectivity index (χ4v) is 1.01. The molecule has 0 heterocycles. The molecule has 0 rings (SSSR count). The molecule has 8 nitrogen and oxygen atoms in total. The number of carboxylic acid groups (broad SMARTS) is 2. The molecule has 0 aliphatic carbocycles. The molecule has 0 aliphatic heterocycles. The standard InChI is InChI=1S/2C7H12O4/c2*1-2-3-4-11-7(10)5-6(8)9/h2*2-5H2,1H3,(H,8,9). The summed E-state index contributed by atoms with van der Waals surface area (Å²) in [4.78, 5) is 40.9.